The van der Waals surface area contributed by atoms with Crippen molar-refractivity contribution in [2.75, 3.05) is 65.0 Å². The van der Waals surface area contributed by atoms with Gasteiger partial charge in [-0.2, -0.15) is 0 Å². The van der Waals surface area contributed by atoms with Crippen LogP contribution in [-0.4, -0.2) is 97.9 Å². The molecule has 0 radical (unpaired) electrons. The first-order chi connectivity index (χ1) is 13.5. The van der Waals surface area contributed by atoms with E-state index in [9.17, 15) is 14.0 Å². The topological polar surface area (TPSA) is 74.3 Å². The first-order valence-electron chi connectivity index (χ1n) is 9.43. The first-order valence-corrected chi connectivity index (χ1v) is 9.43. The van der Waals surface area contributed by atoms with Crippen LogP contribution in [-0.2, 0) is 14.3 Å². The summed E-state index contributed by atoms with van der Waals surface area (Å²) in [5, 5.41) is 2.80. The Bertz CT molecular complexity index is 738. The number of halogens is 1. The number of carbonyl (C=O) groups excluding carboxylic acids is 2. The third-order valence-electron chi connectivity index (χ3n) is 5.73. The Balaban J connectivity index is 1.43. The molecule has 3 heterocycles. The van der Waals surface area contributed by atoms with Gasteiger partial charge in [-0.25, -0.2) is 9.18 Å². The number of nitrogens with zero attached hydrogens (tertiary/aromatic N) is 3. The third-order valence-corrected chi connectivity index (χ3v) is 5.73. The molecule has 0 saturated carbocycles. The number of hydrogen-bond donors (Lipinski definition) is 1. The Morgan fingerprint density at radius 2 is 1.96 bits per heavy atom. The minimum atomic E-state index is -0.345. The predicted octanol–water partition coefficient (Wildman–Crippen LogP) is 0.601. The average molecular weight is 392 g/mol. The van der Waals surface area contributed by atoms with Crippen LogP contribution in [0, 0.1) is 5.82 Å². The average Bonchev–Trinajstić information content (AvgIpc) is 2.67. The Kier molecular flexibility index (Phi) is 5.22. The number of anilines is 1. The minimum Gasteiger partial charge on any atom is -0.378 e. The SMILES string of the molecule is COCC(=O)N1C[C@@H]2COCCN2C2(C1)CN(C(=O)Nc1ccc(F)cc1)C2. The molecule has 1 spiro atoms. The fourth-order valence-electron chi connectivity index (χ4n) is 4.43. The van der Waals surface area contributed by atoms with Gasteiger partial charge in [0.2, 0.25) is 5.91 Å². The molecule has 1 aromatic rings. The maximum absolute atomic E-state index is 13.0. The third kappa shape index (κ3) is 3.57. The van der Waals surface area contributed by atoms with E-state index in [2.05, 4.69) is 10.2 Å². The van der Waals surface area contributed by atoms with Gasteiger partial charge in [0, 0.05) is 45.5 Å². The molecule has 3 amide bonds. The van der Waals surface area contributed by atoms with Crippen molar-refractivity contribution in [3.63, 3.8) is 0 Å². The van der Waals surface area contributed by atoms with Crippen LogP contribution in [0.5, 0.6) is 0 Å². The summed E-state index contributed by atoms with van der Waals surface area (Å²) in [6.07, 6.45) is 0. The molecule has 3 aliphatic rings. The monoisotopic (exact) mass is 392 g/mol. The second-order valence-electron chi connectivity index (χ2n) is 7.65. The van der Waals surface area contributed by atoms with Crippen molar-refractivity contribution in [2.45, 2.75) is 11.6 Å². The van der Waals surface area contributed by atoms with Crippen molar-refractivity contribution in [1.82, 2.24) is 14.7 Å². The summed E-state index contributed by atoms with van der Waals surface area (Å²) < 4.78 is 23.7. The summed E-state index contributed by atoms with van der Waals surface area (Å²) in [5.41, 5.74) is 0.299. The summed E-state index contributed by atoms with van der Waals surface area (Å²) in [6, 6.07) is 5.60. The molecular weight excluding hydrogens is 367 g/mol. The molecule has 3 aliphatic heterocycles. The number of piperazine rings is 1. The number of morpholine rings is 1. The van der Waals surface area contributed by atoms with Gasteiger partial charge in [0.15, 0.2) is 0 Å². The second-order valence-corrected chi connectivity index (χ2v) is 7.65. The van der Waals surface area contributed by atoms with E-state index >= 15 is 0 Å². The van der Waals surface area contributed by atoms with E-state index in [0.717, 1.165) is 6.54 Å². The lowest BCUT2D eigenvalue weighted by Crippen LogP contribution is -2.81. The lowest BCUT2D eigenvalue weighted by molar-refractivity contribution is -0.169. The van der Waals surface area contributed by atoms with Gasteiger partial charge < -0.3 is 24.6 Å². The smallest absolute Gasteiger partial charge is 0.321 e. The highest BCUT2D eigenvalue weighted by Crippen LogP contribution is 2.36. The maximum Gasteiger partial charge on any atom is 0.321 e. The van der Waals surface area contributed by atoms with E-state index in [0.29, 0.717) is 45.1 Å². The molecule has 0 aliphatic carbocycles. The number of urea groups is 1. The highest BCUT2D eigenvalue weighted by Gasteiger charge is 2.56. The maximum atomic E-state index is 13.0. The Hall–Kier alpha value is -2.23. The van der Waals surface area contributed by atoms with E-state index in [1.807, 2.05) is 4.90 Å². The zero-order valence-corrected chi connectivity index (χ0v) is 15.9. The zero-order chi connectivity index (χ0) is 19.7. The molecule has 1 N–H and O–H groups in total. The van der Waals surface area contributed by atoms with Crippen molar-refractivity contribution in [3.8, 4) is 0 Å². The lowest BCUT2D eigenvalue weighted by Gasteiger charge is -2.63. The molecule has 28 heavy (non-hydrogen) atoms. The number of fused-ring (bicyclic) bond motifs is 2. The van der Waals surface area contributed by atoms with Crippen LogP contribution < -0.4 is 5.32 Å². The number of amides is 3. The van der Waals surface area contributed by atoms with Gasteiger partial charge in [-0.1, -0.05) is 0 Å². The van der Waals surface area contributed by atoms with Gasteiger partial charge in [-0.3, -0.25) is 9.69 Å². The lowest BCUT2D eigenvalue weighted by atomic mass is 9.82. The van der Waals surface area contributed by atoms with Crippen molar-refractivity contribution in [1.29, 1.82) is 0 Å². The van der Waals surface area contributed by atoms with Crippen molar-refractivity contribution < 1.29 is 23.5 Å². The number of rotatable bonds is 3. The number of carbonyl (C=O) groups is 2. The summed E-state index contributed by atoms with van der Waals surface area (Å²) in [7, 11) is 1.51. The molecule has 1 atom stereocenters. The quantitative estimate of drug-likeness (QED) is 0.816. The van der Waals surface area contributed by atoms with Gasteiger partial charge in [0.25, 0.3) is 0 Å². The van der Waals surface area contributed by atoms with Gasteiger partial charge in [-0.05, 0) is 24.3 Å². The standard InChI is InChI=1S/C19H25FN4O4/c1-27-10-17(25)22-8-16-9-28-7-6-24(16)19(11-22)12-23(13-19)18(26)21-15-4-2-14(20)3-5-15/h2-5,16H,6-13H2,1H3,(H,21,26)/t16-/m1/s1. The number of ether oxygens (including phenoxy) is 2. The molecule has 0 bridgehead atoms. The van der Waals surface area contributed by atoms with Crippen molar-refractivity contribution in [3.05, 3.63) is 30.1 Å². The van der Waals surface area contributed by atoms with Crippen LogP contribution in [0.15, 0.2) is 24.3 Å². The zero-order valence-electron chi connectivity index (χ0n) is 15.9. The number of methoxy groups -OCH3 is 1. The van der Waals surface area contributed by atoms with Crippen LogP contribution in [0.25, 0.3) is 0 Å². The van der Waals surface area contributed by atoms with Crippen LogP contribution in [0.4, 0.5) is 14.9 Å². The molecule has 1 aromatic carbocycles. The first kappa shape index (κ1) is 19.1. The largest absolute Gasteiger partial charge is 0.378 e. The van der Waals surface area contributed by atoms with Crippen LogP contribution in [0.2, 0.25) is 0 Å². The normalized spacial score (nSPS) is 23.9. The van der Waals surface area contributed by atoms with E-state index in [4.69, 9.17) is 9.47 Å². The Morgan fingerprint density at radius 1 is 1.25 bits per heavy atom. The van der Waals surface area contributed by atoms with Gasteiger partial charge >= 0.3 is 6.03 Å². The molecule has 9 heteroatoms. The molecule has 152 valence electrons. The van der Waals surface area contributed by atoms with E-state index in [-0.39, 0.29) is 35.9 Å². The highest BCUT2D eigenvalue weighted by atomic mass is 19.1. The molecule has 3 saturated heterocycles. The Morgan fingerprint density at radius 3 is 2.68 bits per heavy atom. The van der Waals surface area contributed by atoms with Gasteiger partial charge in [0.1, 0.15) is 12.4 Å². The van der Waals surface area contributed by atoms with Crippen LogP contribution in [0.3, 0.4) is 0 Å². The Labute approximate surface area is 163 Å². The molecule has 8 nitrogen and oxygen atoms in total. The van der Waals surface area contributed by atoms with Crippen LogP contribution in [0.1, 0.15) is 0 Å². The van der Waals surface area contributed by atoms with Crippen molar-refractivity contribution >= 4 is 17.6 Å². The number of likely N-dealkylation sites (tertiary alicyclic amines) is 1. The summed E-state index contributed by atoms with van der Waals surface area (Å²) >= 11 is 0. The molecular formula is C19H25FN4O4. The molecule has 4 rings (SSSR count). The van der Waals surface area contributed by atoms with Gasteiger partial charge in [0.05, 0.1) is 24.8 Å². The highest BCUT2D eigenvalue weighted by molar-refractivity contribution is 5.90. The van der Waals surface area contributed by atoms with E-state index < -0.39 is 0 Å². The van der Waals surface area contributed by atoms with E-state index in [1.165, 1.54) is 31.4 Å². The number of hydrogen-bond acceptors (Lipinski definition) is 5. The van der Waals surface area contributed by atoms with Crippen molar-refractivity contribution in [2.24, 2.45) is 0 Å². The van der Waals surface area contributed by atoms with E-state index in [1.54, 1.807) is 4.90 Å². The minimum absolute atomic E-state index is 0.0405. The number of nitrogens with one attached hydrogen (secondary N) is 1. The second kappa shape index (κ2) is 7.65. The number of benzene rings is 1. The summed E-state index contributed by atoms with van der Waals surface area (Å²) in [6.45, 7) is 4.35. The molecule has 0 aromatic heterocycles. The molecule has 0 unspecified atom stereocenters. The molecule has 3 fully saturated rings. The fraction of sp³-hybridized carbons (Fsp3) is 0.579. The fourth-order valence-corrected chi connectivity index (χ4v) is 4.43. The van der Waals surface area contributed by atoms with Gasteiger partial charge in [-0.15, -0.1) is 0 Å². The summed E-state index contributed by atoms with van der Waals surface area (Å²) in [5.74, 6) is -0.386. The van der Waals surface area contributed by atoms with Crippen LogP contribution >= 0.6 is 0 Å². The summed E-state index contributed by atoms with van der Waals surface area (Å²) in [4.78, 5) is 30.9. The predicted molar refractivity (Wildman–Crippen MR) is 99.5 cm³/mol.